The van der Waals surface area contributed by atoms with E-state index in [1.165, 1.54) is 0 Å². The van der Waals surface area contributed by atoms with Crippen LogP contribution in [0.1, 0.15) is 5.56 Å². The van der Waals surface area contributed by atoms with Gasteiger partial charge in [0.05, 0.1) is 27.4 Å². The maximum Gasteiger partial charge on any atom is 0.321 e. The SMILES string of the molecule is COc1ccc(OC)c(C[C@@H](C(=O)O)N2CCOCC2)c1. The molecule has 1 N–H and O–H groups in total. The predicted octanol–water partition coefficient (Wildman–Crippen LogP) is 1.03. The van der Waals surface area contributed by atoms with Crippen molar-refractivity contribution < 1.29 is 24.1 Å². The summed E-state index contributed by atoms with van der Waals surface area (Å²) in [6, 6.07) is 4.84. The molecular formula is C15H21NO5. The molecule has 6 nitrogen and oxygen atoms in total. The fourth-order valence-electron chi connectivity index (χ4n) is 2.51. The fourth-order valence-corrected chi connectivity index (χ4v) is 2.51. The standard InChI is InChI=1S/C15H21NO5/c1-19-12-3-4-14(20-2)11(9-12)10-13(15(17)18)16-5-7-21-8-6-16/h3-4,9,13H,5-8,10H2,1-2H3,(H,17,18)/t13-/m0/s1. The third-order valence-electron chi connectivity index (χ3n) is 3.67. The van der Waals surface area contributed by atoms with Crippen LogP contribution in [-0.2, 0) is 16.0 Å². The lowest BCUT2D eigenvalue weighted by Crippen LogP contribution is -2.48. The van der Waals surface area contributed by atoms with Crippen molar-refractivity contribution in [3.63, 3.8) is 0 Å². The van der Waals surface area contributed by atoms with Crippen LogP contribution in [0.25, 0.3) is 0 Å². The molecular weight excluding hydrogens is 274 g/mol. The molecule has 0 amide bonds. The van der Waals surface area contributed by atoms with Crippen LogP contribution in [0, 0.1) is 0 Å². The Hall–Kier alpha value is -1.79. The highest BCUT2D eigenvalue weighted by Gasteiger charge is 2.28. The molecule has 1 heterocycles. The van der Waals surface area contributed by atoms with Crippen molar-refractivity contribution in [3.05, 3.63) is 23.8 Å². The van der Waals surface area contributed by atoms with Gasteiger partial charge in [0.1, 0.15) is 17.5 Å². The summed E-state index contributed by atoms with van der Waals surface area (Å²) in [7, 11) is 3.16. The maximum atomic E-state index is 11.6. The van der Waals surface area contributed by atoms with E-state index in [1.54, 1.807) is 26.4 Å². The van der Waals surface area contributed by atoms with E-state index < -0.39 is 12.0 Å². The Morgan fingerprint density at radius 2 is 2.05 bits per heavy atom. The summed E-state index contributed by atoms with van der Waals surface area (Å²) >= 11 is 0. The first-order valence-corrected chi connectivity index (χ1v) is 6.91. The van der Waals surface area contributed by atoms with Crippen LogP contribution in [0.2, 0.25) is 0 Å². The summed E-state index contributed by atoms with van der Waals surface area (Å²) < 4.78 is 15.8. The number of nitrogens with zero attached hydrogens (tertiary/aromatic N) is 1. The third kappa shape index (κ3) is 3.86. The van der Waals surface area contributed by atoms with Crippen LogP contribution in [0.3, 0.4) is 0 Å². The first-order valence-electron chi connectivity index (χ1n) is 6.91. The Bertz CT molecular complexity index is 485. The lowest BCUT2D eigenvalue weighted by atomic mass is 10.0. The van der Waals surface area contributed by atoms with Gasteiger partial charge in [-0.1, -0.05) is 0 Å². The van der Waals surface area contributed by atoms with E-state index in [0.717, 1.165) is 5.56 Å². The van der Waals surface area contributed by atoms with Crippen LogP contribution >= 0.6 is 0 Å². The van der Waals surface area contributed by atoms with Crippen molar-refractivity contribution in [1.82, 2.24) is 4.90 Å². The Morgan fingerprint density at radius 3 is 2.62 bits per heavy atom. The lowest BCUT2D eigenvalue weighted by molar-refractivity contribution is -0.145. The number of aliphatic carboxylic acids is 1. The highest BCUT2D eigenvalue weighted by Crippen LogP contribution is 2.26. The van der Waals surface area contributed by atoms with E-state index >= 15 is 0 Å². The van der Waals surface area contributed by atoms with E-state index in [4.69, 9.17) is 14.2 Å². The molecule has 0 saturated carbocycles. The topological polar surface area (TPSA) is 68.2 Å². The molecule has 1 fully saturated rings. The van der Waals surface area contributed by atoms with Crippen LogP contribution in [0.15, 0.2) is 18.2 Å². The lowest BCUT2D eigenvalue weighted by Gasteiger charge is -2.32. The zero-order valence-corrected chi connectivity index (χ0v) is 12.4. The molecule has 2 rings (SSSR count). The Balaban J connectivity index is 2.21. The quantitative estimate of drug-likeness (QED) is 0.845. The smallest absolute Gasteiger partial charge is 0.321 e. The van der Waals surface area contributed by atoms with Gasteiger partial charge in [-0.3, -0.25) is 9.69 Å². The molecule has 0 unspecified atom stereocenters. The predicted molar refractivity (Wildman–Crippen MR) is 77.1 cm³/mol. The van der Waals surface area contributed by atoms with Gasteiger partial charge in [0.2, 0.25) is 0 Å². The second kappa shape index (κ2) is 7.28. The normalized spacial score (nSPS) is 17.2. The number of carboxylic acids is 1. The summed E-state index contributed by atoms with van der Waals surface area (Å²) in [5, 5.41) is 9.52. The van der Waals surface area contributed by atoms with Crippen LogP contribution in [0.4, 0.5) is 0 Å². The second-order valence-electron chi connectivity index (χ2n) is 4.88. The van der Waals surface area contributed by atoms with E-state index in [2.05, 4.69) is 0 Å². The molecule has 6 heteroatoms. The van der Waals surface area contributed by atoms with Gasteiger partial charge in [-0.2, -0.15) is 0 Å². The number of hydrogen-bond acceptors (Lipinski definition) is 5. The minimum Gasteiger partial charge on any atom is -0.497 e. The Kier molecular flexibility index (Phi) is 5.41. The Labute approximate surface area is 124 Å². The summed E-state index contributed by atoms with van der Waals surface area (Å²) in [6.07, 6.45) is 0.371. The molecule has 0 bridgehead atoms. The molecule has 116 valence electrons. The monoisotopic (exact) mass is 295 g/mol. The van der Waals surface area contributed by atoms with E-state index in [1.807, 2.05) is 11.0 Å². The highest BCUT2D eigenvalue weighted by atomic mass is 16.5. The van der Waals surface area contributed by atoms with Crippen LogP contribution in [0.5, 0.6) is 11.5 Å². The molecule has 1 aliphatic rings. The van der Waals surface area contributed by atoms with Crippen molar-refractivity contribution in [2.45, 2.75) is 12.5 Å². The molecule has 1 aliphatic heterocycles. The number of hydrogen-bond donors (Lipinski definition) is 1. The van der Waals surface area contributed by atoms with E-state index in [9.17, 15) is 9.90 Å². The largest absolute Gasteiger partial charge is 0.497 e. The number of methoxy groups -OCH3 is 2. The summed E-state index contributed by atoms with van der Waals surface area (Å²) in [4.78, 5) is 13.5. The van der Waals surface area contributed by atoms with Gasteiger partial charge in [0, 0.05) is 19.5 Å². The average Bonchev–Trinajstić information content (AvgIpc) is 2.52. The van der Waals surface area contributed by atoms with Gasteiger partial charge in [0.15, 0.2) is 0 Å². The van der Waals surface area contributed by atoms with Gasteiger partial charge in [-0.05, 0) is 23.8 Å². The summed E-state index contributed by atoms with van der Waals surface area (Å²) in [5.74, 6) is 0.536. The zero-order valence-electron chi connectivity index (χ0n) is 12.4. The number of rotatable bonds is 6. The Morgan fingerprint density at radius 1 is 1.33 bits per heavy atom. The minimum absolute atomic E-state index is 0.371. The second-order valence-corrected chi connectivity index (χ2v) is 4.88. The number of carboxylic acid groups (broad SMARTS) is 1. The van der Waals surface area contributed by atoms with Crippen molar-refractivity contribution in [3.8, 4) is 11.5 Å². The van der Waals surface area contributed by atoms with E-state index in [-0.39, 0.29) is 0 Å². The molecule has 0 radical (unpaired) electrons. The molecule has 1 saturated heterocycles. The number of carbonyl (C=O) groups is 1. The number of benzene rings is 1. The first kappa shape index (κ1) is 15.6. The van der Waals surface area contributed by atoms with Crippen molar-refractivity contribution >= 4 is 5.97 Å². The molecule has 1 aromatic carbocycles. The molecule has 0 aliphatic carbocycles. The summed E-state index contributed by atoms with van der Waals surface area (Å²) in [5.41, 5.74) is 0.829. The van der Waals surface area contributed by atoms with Crippen molar-refractivity contribution in [1.29, 1.82) is 0 Å². The minimum atomic E-state index is -0.832. The summed E-state index contributed by atoms with van der Waals surface area (Å²) in [6.45, 7) is 2.39. The fraction of sp³-hybridized carbons (Fsp3) is 0.533. The highest BCUT2D eigenvalue weighted by molar-refractivity contribution is 5.74. The third-order valence-corrected chi connectivity index (χ3v) is 3.67. The molecule has 1 atom stereocenters. The molecule has 21 heavy (non-hydrogen) atoms. The maximum absolute atomic E-state index is 11.6. The van der Waals surface area contributed by atoms with Gasteiger partial charge < -0.3 is 19.3 Å². The van der Waals surface area contributed by atoms with Gasteiger partial charge in [0.25, 0.3) is 0 Å². The number of morpholine rings is 1. The van der Waals surface area contributed by atoms with Crippen molar-refractivity contribution in [2.24, 2.45) is 0 Å². The number of ether oxygens (including phenoxy) is 3. The van der Waals surface area contributed by atoms with Gasteiger partial charge in [-0.25, -0.2) is 0 Å². The zero-order chi connectivity index (χ0) is 15.2. The van der Waals surface area contributed by atoms with Crippen LogP contribution < -0.4 is 9.47 Å². The molecule has 1 aromatic rings. The van der Waals surface area contributed by atoms with Gasteiger partial charge in [-0.15, -0.1) is 0 Å². The molecule has 0 aromatic heterocycles. The average molecular weight is 295 g/mol. The first-order chi connectivity index (χ1) is 10.2. The van der Waals surface area contributed by atoms with E-state index in [0.29, 0.717) is 44.2 Å². The molecule has 0 spiro atoms. The van der Waals surface area contributed by atoms with Crippen LogP contribution in [-0.4, -0.2) is 62.5 Å². The van der Waals surface area contributed by atoms with Crippen molar-refractivity contribution in [2.75, 3.05) is 40.5 Å². The van der Waals surface area contributed by atoms with Gasteiger partial charge >= 0.3 is 5.97 Å².